The number of anilines is 2. The molecule has 0 bridgehead atoms. The second-order valence-electron chi connectivity index (χ2n) is 7.48. The van der Waals surface area contributed by atoms with Gasteiger partial charge in [0.1, 0.15) is 11.4 Å². The largest absolute Gasteiger partial charge is 0.495 e. The monoisotopic (exact) mass is 396 g/mol. The Morgan fingerprint density at radius 3 is 2.34 bits per heavy atom. The number of carbonyl (C=O) groups excluding carboxylic acids is 1. The quantitative estimate of drug-likeness (QED) is 0.769. The van der Waals surface area contributed by atoms with Crippen LogP contribution in [0.25, 0.3) is 0 Å². The van der Waals surface area contributed by atoms with Gasteiger partial charge < -0.3 is 24.3 Å². The van der Waals surface area contributed by atoms with Crippen LogP contribution in [-0.4, -0.2) is 92.2 Å². The maximum Gasteiger partial charge on any atom is 0.272 e. The number of amides is 1. The maximum atomic E-state index is 13.0. The molecule has 0 aliphatic carbocycles. The molecule has 0 spiro atoms. The van der Waals surface area contributed by atoms with Gasteiger partial charge >= 0.3 is 0 Å². The van der Waals surface area contributed by atoms with E-state index >= 15 is 0 Å². The fourth-order valence-corrected chi connectivity index (χ4v) is 3.83. The number of rotatable bonds is 4. The van der Waals surface area contributed by atoms with E-state index in [-0.39, 0.29) is 5.91 Å². The first-order chi connectivity index (χ1) is 14.2. The minimum absolute atomic E-state index is 0.0255. The first kappa shape index (κ1) is 19.4. The zero-order valence-electron chi connectivity index (χ0n) is 17.1. The molecule has 8 nitrogen and oxygen atoms in total. The van der Waals surface area contributed by atoms with Crippen molar-refractivity contribution in [2.24, 2.45) is 0 Å². The Morgan fingerprint density at radius 2 is 1.62 bits per heavy atom. The summed E-state index contributed by atoms with van der Waals surface area (Å²) in [5.74, 6) is 1.49. The van der Waals surface area contributed by atoms with Crippen molar-refractivity contribution in [1.82, 2.24) is 19.8 Å². The lowest BCUT2D eigenvalue weighted by atomic mass is 10.2. The molecule has 0 radical (unpaired) electrons. The number of aromatic nitrogens is 2. The second kappa shape index (κ2) is 8.65. The van der Waals surface area contributed by atoms with Gasteiger partial charge in [-0.1, -0.05) is 12.1 Å². The topological polar surface area (TPSA) is 65.0 Å². The number of hydrogen-bond acceptors (Lipinski definition) is 7. The minimum Gasteiger partial charge on any atom is -0.495 e. The lowest BCUT2D eigenvalue weighted by molar-refractivity contribution is 0.0740. The highest BCUT2D eigenvalue weighted by Crippen LogP contribution is 2.28. The normalized spacial score (nSPS) is 18.1. The summed E-state index contributed by atoms with van der Waals surface area (Å²) in [5, 5.41) is 0. The van der Waals surface area contributed by atoms with Crippen LogP contribution in [0.4, 0.5) is 11.6 Å². The Labute approximate surface area is 171 Å². The van der Waals surface area contributed by atoms with Crippen molar-refractivity contribution in [3.05, 3.63) is 42.2 Å². The molecule has 154 valence electrons. The molecule has 8 heteroatoms. The van der Waals surface area contributed by atoms with Crippen LogP contribution in [0, 0.1) is 0 Å². The molecule has 1 aromatic carbocycles. The number of para-hydroxylation sites is 2. The van der Waals surface area contributed by atoms with Crippen LogP contribution in [0.15, 0.2) is 36.5 Å². The maximum absolute atomic E-state index is 13.0. The highest BCUT2D eigenvalue weighted by Gasteiger charge is 2.25. The van der Waals surface area contributed by atoms with Gasteiger partial charge in [-0.15, -0.1) is 0 Å². The minimum atomic E-state index is -0.0255. The number of piperazine rings is 2. The van der Waals surface area contributed by atoms with E-state index in [1.54, 1.807) is 19.4 Å². The van der Waals surface area contributed by atoms with E-state index in [1.807, 2.05) is 23.1 Å². The second-order valence-corrected chi connectivity index (χ2v) is 7.48. The highest BCUT2D eigenvalue weighted by atomic mass is 16.5. The smallest absolute Gasteiger partial charge is 0.272 e. The molecule has 0 N–H and O–H groups in total. The summed E-state index contributed by atoms with van der Waals surface area (Å²) in [4.78, 5) is 30.6. The molecule has 3 heterocycles. The fourth-order valence-electron chi connectivity index (χ4n) is 3.83. The molecule has 2 aliphatic heterocycles. The summed E-state index contributed by atoms with van der Waals surface area (Å²) < 4.78 is 5.47. The number of ether oxygens (including phenoxy) is 1. The number of hydrogen-bond donors (Lipinski definition) is 0. The first-order valence-electron chi connectivity index (χ1n) is 10.1. The average Bonchev–Trinajstić information content (AvgIpc) is 2.79. The van der Waals surface area contributed by atoms with Crippen molar-refractivity contribution in [3.8, 4) is 5.75 Å². The summed E-state index contributed by atoms with van der Waals surface area (Å²) >= 11 is 0. The van der Waals surface area contributed by atoms with Crippen LogP contribution in [0.1, 0.15) is 10.5 Å². The molecule has 0 saturated carbocycles. The first-order valence-corrected chi connectivity index (χ1v) is 10.1. The summed E-state index contributed by atoms with van der Waals surface area (Å²) in [5.41, 5.74) is 1.54. The van der Waals surface area contributed by atoms with Crippen LogP contribution < -0.4 is 14.5 Å². The molecule has 1 amide bonds. The SMILES string of the molecule is COc1ccccc1N1CCN(C(=O)c2ccnc(N3CCN(C)CC3)n2)CC1. The molecule has 0 unspecified atom stereocenters. The molecular weight excluding hydrogens is 368 g/mol. The zero-order valence-corrected chi connectivity index (χ0v) is 17.1. The van der Waals surface area contributed by atoms with E-state index in [0.29, 0.717) is 24.7 Å². The van der Waals surface area contributed by atoms with Gasteiger partial charge in [-0.3, -0.25) is 4.79 Å². The Balaban J connectivity index is 1.40. The van der Waals surface area contributed by atoms with Crippen LogP contribution in [0.2, 0.25) is 0 Å². The molecule has 2 aromatic rings. The summed E-state index contributed by atoms with van der Waals surface area (Å²) in [6.07, 6.45) is 1.69. The molecule has 2 saturated heterocycles. The van der Waals surface area contributed by atoms with Crippen molar-refractivity contribution in [2.45, 2.75) is 0 Å². The third kappa shape index (κ3) is 4.27. The van der Waals surface area contributed by atoms with Gasteiger partial charge in [0.15, 0.2) is 0 Å². The average molecular weight is 396 g/mol. The van der Waals surface area contributed by atoms with Crippen molar-refractivity contribution in [1.29, 1.82) is 0 Å². The molecule has 1 aromatic heterocycles. The van der Waals surface area contributed by atoms with Gasteiger partial charge in [0, 0.05) is 58.6 Å². The van der Waals surface area contributed by atoms with Gasteiger partial charge in [0.05, 0.1) is 12.8 Å². The van der Waals surface area contributed by atoms with E-state index in [1.165, 1.54) is 0 Å². The third-order valence-electron chi connectivity index (χ3n) is 5.64. The fraction of sp³-hybridized carbons (Fsp3) is 0.476. The molecule has 4 rings (SSSR count). The lowest BCUT2D eigenvalue weighted by Gasteiger charge is -2.36. The van der Waals surface area contributed by atoms with Crippen molar-refractivity contribution in [3.63, 3.8) is 0 Å². The Morgan fingerprint density at radius 1 is 0.931 bits per heavy atom. The molecule has 29 heavy (non-hydrogen) atoms. The Hall–Kier alpha value is -2.87. The number of methoxy groups -OCH3 is 1. The van der Waals surface area contributed by atoms with Crippen molar-refractivity contribution in [2.75, 3.05) is 76.3 Å². The molecule has 0 atom stereocenters. The number of carbonyl (C=O) groups is 1. The predicted molar refractivity (Wildman–Crippen MR) is 113 cm³/mol. The highest BCUT2D eigenvalue weighted by molar-refractivity contribution is 5.92. The molecule has 2 fully saturated rings. The third-order valence-corrected chi connectivity index (χ3v) is 5.64. The van der Waals surface area contributed by atoms with Gasteiger partial charge in [-0.25, -0.2) is 9.97 Å². The summed E-state index contributed by atoms with van der Waals surface area (Å²) in [6, 6.07) is 9.72. The van der Waals surface area contributed by atoms with Crippen LogP contribution in [0.5, 0.6) is 5.75 Å². The van der Waals surface area contributed by atoms with Crippen molar-refractivity contribution < 1.29 is 9.53 Å². The van der Waals surface area contributed by atoms with E-state index in [2.05, 4.69) is 37.8 Å². The van der Waals surface area contributed by atoms with Gasteiger partial charge in [0.25, 0.3) is 5.91 Å². The van der Waals surface area contributed by atoms with E-state index < -0.39 is 0 Å². The van der Waals surface area contributed by atoms with Crippen LogP contribution in [-0.2, 0) is 0 Å². The van der Waals surface area contributed by atoms with E-state index in [9.17, 15) is 4.79 Å². The molecule has 2 aliphatic rings. The van der Waals surface area contributed by atoms with E-state index in [0.717, 1.165) is 50.7 Å². The number of nitrogens with zero attached hydrogens (tertiary/aromatic N) is 6. The van der Waals surface area contributed by atoms with E-state index in [4.69, 9.17) is 4.74 Å². The lowest BCUT2D eigenvalue weighted by Crippen LogP contribution is -2.49. The summed E-state index contributed by atoms with van der Waals surface area (Å²) in [7, 11) is 3.80. The number of benzene rings is 1. The zero-order chi connectivity index (χ0) is 20.2. The van der Waals surface area contributed by atoms with Crippen LogP contribution >= 0.6 is 0 Å². The summed E-state index contributed by atoms with van der Waals surface area (Å²) in [6.45, 7) is 6.57. The molecular formula is C21H28N6O2. The Bertz CT molecular complexity index is 845. The van der Waals surface area contributed by atoms with Gasteiger partial charge in [-0.05, 0) is 25.2 Å². The van der Waals surface area contributed by atoms with Crippen molar-refractivity contribution >= 4 is 17.5 Å². The van der Waals surface area contributed by atoms with Gasteiger partial charge in [0.2, 0.25) is 5.95 Å². The predicted octanol–water partition coefficient (Wildman–Crippen LogP) is 1.20. The van der Waals surface area contributed by atoms with Crippen LogP contribution in [0.3, 0.4) is 0 Å². The number of likely N-dealkylation sites (N-methyl/N-ethyl adjacent to an activating group) is 1. The van der Waals surface area contributed by atoms with Gasteiger partial charge in [-0.2, -0.15) is 0 Å². The standard InChI is InChI=1S/C21H28N6O2/c1-24-9-11-27(12-10-24)21-22-8-7-17(23-21)20(28)26-15-13-25(14-16-26)18-5-3-4-6-19(18)29-2/h3-8H,9-16H2,1-2H3. The Kier molecular flexibility index (Phi) is 5.80.